The van der Waals surface area contributed by atoms with E-state index in [1.165, 1.54) is 16.9 Å². The molecular weight excluding hydrogens is 292 g/mol. The van der Waals surface area contributed by atoms with Crippen LogP contribution < -0.4 is 5.56 Å². The first kappa shape index (κ1) is 14.6. The third kappa shape index (κ3) is 2.24. The summed E-state index contributed by atoms with van der Waals surface area (Å²) < 4.78 is 1.56. The van der Waals surface area contributed by atoms with Crippen molar-refractivity contribution in [2.24, 2.45) is 0 Å². The fraction of sp³-hybridized carbons (Fsp3) is 0.222. The van der Waals surface area contributed by atoms with Crippen LogP contribution in [0.2, 0.25) is 0 Å². The zero-order valence-corrected chi connectivity index (χ0v) is 13.6. The van der Waals surface area contributed by atoms with Gasteiger partial charge in [-0.15, -0.1) is 17.8 Å². The fourth-order valence-corrected chi connectivity index (χ4v) is 3.69. The maximum absolute atomic E-state index is 12.8. The number of rotatable bonds is 2. The van der Waals surface area contributed by atoms with Gasteiger partial charge in [0.15, 0.2) is 0 Å². The fourth-order valence-electron chi connectivity index (χ4n) is 2.72. The summed E-state index contributed by atoms with van der Waals surface area (Å²) >= 11 is 1.50. The molecular formula is C18H16N2OS. The lowest BCUT2D eigenvalue weighted by Crippen LogP contribution is -2.23. The molecule has 3 rings (SSSR count). The van der Waals surface area contributed by atoms with Crippen LogP contribution in [0.15, 0.2) is 28.4 Å². The van der Waals surface area contributed by atoms with Gasteiger partial charge in [-0.3, -0.25) is 9.36 Å². The number of hydrogen-bond donors (Lipinski definition) is 0. The van der Waals surface area contributed by atoms with E-state index in [0.717, 1.165) is 21.5 Å². The van der Waals surface area contributed by atoms with Crippen LogP contribution in [0.25, 0.3) is 21.3 Å². The standard InChI is InChI=1S/C18H16N2OS/c1-5-8-20-13(4)19-17-16(18(20)21)15(10-22-17)14-7-6-11(2)9-12(14)3/h1,6-7,9-10H,8H2,2-4H3. The number of hydrogen-bond acceptors (Lipinski definition) is 3. The predicted molar refractivity (Wildman–Crippen MR) is 92.4 cm³/mol. The summed E-state index contributed by atoms with van der Waals surface area (Å²) in [5, 5.41) is 2.67. The lowest BCUT2D eigenvalue weighted by atomic mass is 9.99. The molecule has 0 N–H and O–H groups in total. The molecule has 0 atom stereocenters. The molecule has 0 spiro atoms. The van der Waals surface area contributed by atoms with Gasteiger partial charge in [0.25, 0.3) is 5.56 Å². The molecule has 0 unspecified atom stereocenters. The Labute approximate surface area is 133 Å². The van der Waals surface area contributed by atoms with E-state index >= 15 is 0 Å². The highest BCUT2D eigenvalue weighted by Gasteiger charge is 2.16. The maximum atomic E-state index is 12.8. The molecule has 4 heteroatoms. The van der Waals surface area contributed by atoms with Gasteiger partial charge in [-0.05, 0) is 31.9 Å². The van der Waals surface area contributed by atoms with E-state index in [9.17, 15) is 4.79 Å². The highest BCUT2D eigenvalue weighted by atomic mass is 32.1. The smallest absolute Gasteiger partial charge is 0.263 e. The minimum absolute atomic E-state index is 0.0586. The zero-order valence-electron chi connectivity index (χ0n) is 12.8. The summed E-state index contributed by atoms with van der Waals surface area (Å²) in [5.74, 6) is 3.18. The van der Waals surface area contributed by atoms with Crippen molar-refractivity contribution in [3.8, 4) is 23.5 Å². The summed E-state index contributed by atoms with van der Waals surface area (Å²) in [6.45, 7) is 6.19. The Morgan fingerprint density at radius 1 is 1.27 bits per heavy atom. The van der Waals surface area contributed by atoms with Gasteiger partial charge < -0.3 is 0 Å². The molecule has 1 aromatic carbocycles. The van der Waals surface area contributed by atoms with Crippen molar-refractivity contribution in [2.75, 3.05) is 0 Å². The monoisotopic (exact) mass is 308 g/mol. The molecule has 3 nitrogen and oxygen atoms in total. The molecule has 0 saturated heterocycles. The molecule has 0 aliphatic heterocycles. The number of thiophene rings is 1. The number of benzene rings is 1. The molecule has 3 aromatic rings. The Kier molecular flexibility index (Phi) is 3.59. The minimum Gasteiger partial charge on any atom is -0.284 e. The third-order valence-corrected chi connectivity index (χ3v) is 4.68. The summed E-state index contributed by atoms with van der Waals surface area (Å²) in [6.07, 6.45) is 5.37. The van der Waals surface area contributed by atoms with Crippen LogP contribution in [0, 0.1) is 33.1 Å². The van der Waals surface area contributed by atoms with Gasteiger partial charge in [0, 0.05) is 10.9 Å². The molecule has 0 amide bonds. The molecule has 0 saturated carbocycles. The van der Waals surface area contributed by atoms with Gasteiger partial charge in [-0.1, -0.05) is 29.7 Å². The molecule has 0 aliphatic carbocycles. The van der Waals surface area contributed by atoms with E-state index in [2.05, 4.69) is 43.0 Å². The maximum Gasteiger partial charge on any atom is 0.263 e. The van der Waals surface area contributed by atoms with Crippen molar-refractivity contribution in [1.82, 2.24) is 9.55 Å². The largest absolute Gasteiger partial charge is 0.284 e. The average molecular weight is 308 g/mol. The van der Waals surface area contributed by atoms with E-state index in [-0.39, 0.29) is 12.1 Å². The number of terminal acetylenes is 1. The predicted octanol–water partition coefficient (Wildman–Crippen LogP) is 3.68. The Balaban J connectivity index is 2.35. The van der Waals surface area contributed by atoms with E-state index in [1.807, 2.05) is 12.3 Å². The number of aryl methyl sites for hydroxylation is 3. The van der Waals surface area contributed by atoms with Gasteiger partial charge in [-0.25, -0.2) is 4.98 Å². The van der Waals surface area contributed by atoms with E-state index in [0.29, 0.717) is 11.2 Å². The molecule has 0 fully saturated rings. The molecule has 0 bridgehead atoms. The van der Waals surface area contributed by atoms with Gasteiger partial charge in [0.1, 0.15) is 10.7 Å². The van der Waals surface area contributed by atoms with Gasteiger partial charge >= 0.3 is 0 Å². The third-order valence-electron chi connectivity index (χ3n) is 3.81. The van der Waals surface area contributed by atoms with Crippen LogP contribution >= 0.6 is 11.3 Å². The first-order valence-corrected chi connectivity index (χ1v) is 7.90. The Bertz CT molecular complexity index is 973. The highest BCUT2D eigenvalue weighted by molar-refractivity contribution is 7.17. The summed E-state index contributed by atoms with van der Waals surface area (Å²) in [7, 11) is 0. The summed E-state index contributed by atoms with van der Waals surface area (Å²) in [5.41, 5.74) is 4.33. The van der Waals surface area contributed by atoms with Crippen molar-refractivity contribution >= 4 is 21.6 Å². The van der Waals surface area contributed by atoms with Crippen LogP contribution in [0.5, 0.6) is 0 Å². The number of nitrogens with zero attached hydrogens (tertiary/aromatic N) is 2. The zero-order chi connectivity index (χ0) is 15.9. The lowest BCUT2D eigenvalue weighted by Gasteiger charge is -2.08. The number of fused-ring (bicyclic) bond motifs is 1. The van der Waals surface area contributed by atoms with E-state index in [1.54, 1.807) is 4.57 Å². The lowest BCUT2D eigenvalue weighted by molar-refractivity contribution is 0.743. The highest BCUT2D eigenvalue weighted by Crippen LogP contribution is 2.33. The van der Waals surface area contributed by atoms with Crippen molar-refractivity contribution in [1.29, 1.82) is 0 Å². The second-order valence-electron chi connectivity index (χ2n) is 5.40. The second kappa shape index (κ2) is 5.43. The average Bonchev–Trinajstić information content (AvgIpc) is 2.87. The SMILES string of the molecule is C#CCn1c(C)nc2scc(-c3ccc(C)cc3C)c2c1=O. The Morgan fingerprint density at radius 3 is 2.73 bits per heavy atom. The van der Waals surface area contributed by atoms with Gasteiger partial charge in [0.05, 0.1) is 11.9 Å². The Hall–Kier alpha value is -2.38. The molecule has 2 heterocycles. The van der Waals surface area contributed by atoms with Crippen LogP contribution in [-0.4, -0.2) is 9.55 Å². The van der Waals surface area contributed by atoms with Gasteiger partial charge in [0.2, 0.25) is 0 Å². The van der Waals surface area contributed by atoms with Crippen LogP contribution in [0.1, 0.15) is 17.0 Å². The number of aromatic nitrogens is 2. The normalized spacial score (nSPS) is 10.8. The van der Waals surface area contributed by atoms with Crippen molar-refractivity contribution in [3.63, 3.8) is 0 Å². The van der Waals surface area contributed by atoms with E-state index < -0.39 is 0 Å². The summed E-state index contributed by atoms with van der Waals surface area (Å²) in [4.78, 5) is 18.1. The topological polar surface area (TPSA) is 34.9 Å². The van der Waals surface area contributed by atoms with Crippen LogP contribution in [-0.2, 0) is 6.54 Å². The molecule has 0 radical (unpaired) electrons. The van der Waals surface area contributed by atoms with Crippen molar-refractivity contribution in [3.05, 3.63) is 50.9 Å². The van der Waals surface area contributed by atoms with Crippen LogP contribution in [0.3, 0.4) is 0 Å². The molecule has 0 aliphatic rings. The van der Waals surface area contributed by atoms with Crippen molar-refractivity contribution in [2.45, 2.75) is 27.3 Å². The molecule has 22 heavy (non-hydrogen) atoms. The van der Waals surface area contributed by atoms with Crippen molar-refractivity contribution < 1.29 is 0 Å². The first-order valence-electron chi connectivity index (χ1n) is 7.02. The first-order chi connectivity index (χ1) is 10.5. The minimum atomic E-state index is -0.0586. The quantitative estimate of drug-likeness (QED) is 0.677. The van der Waals surface area contributed by atoms with Gasteiger partial charge in [-0.2, -0.15) is 0 Å². The molecule has 110 valence electrons. The molecule has 2 aromatic heterocycles. The second-order valence-corrected chi connectivity index (χ2v) is 6.26. The Morgan fingerprint density at radius 2 is 2.05 bits per heavy atom. The van der Waals surface area contributed by atoms with Crippen LogP contribution in [0.4, 0.5) is 0 Å². The van der Waals surface area contributed by atoms with E-state index in [4.69, 9.17) is 6.42 Å². The summed E-state index contributed by atoms with van der Waals surface area (Å²) in [6, 6.07) is 6.25.